The number of aromatic nitrogens is 1. The van der Waals surface area contributed by atoms with Crippen molar-refractivity contribution in [3.05, 3.63) is 40.7 Å². The predicted octanol–water partition coefficient (Wildman–Crippen LogP) is 1.95. The van der Waals surface area contributed by atoms with Crippen LogP contribution in [0.25, 0.3) is 11.3 Å². The highest BCUT2D eigenvalue weighted by Gasteiger charge is 2.03. The monoisotopic (exact) mass is 292 g/mol. The molecule has 0 fully saturated rings. The Morgan fingerprint density at radius 2 is 2.00 bits per heavy atom. The van der Waals surface area contributed by atoms with Crippen LogP contribution in [0.1, 0.15) is 5.01 Å². The number of aliphatic hydroxyl groups excluding tert-OH is 1. The molecule has 0 bridgehead atoms. The molecule has 2 rings (SSSR count). The zero-order chi connectivity index (χ0) is 14.0. The third kappa shape index (κ3) is 5.02. The maximum absolute atomic E-state index is 8.56. The van der Waals surface area contributed by atoms with Crippen LogP contribution in [0, 0.1) is 0 Å². The molecule has 0 saturated carbocycles. The van der Waals surface area contributed by atoms with E-state index >= 15 is 0 Å². The summed E-state index contributed by atoms with van der Waals surface area (Å²) < 4.78 is 5.17. The zero-order valence-corrected chi connectivity index (χ0v) is 12.2. The fraction of sp³-hybridized carbons (Fsp3) is 0.400. The molecular formula is C15H20N2O2S. The molecule has 1 aromatic carbocycles. The van der Waals surface area contributed by atoms with Gasteiger partial charge < -0.3 is 15.2 Å². The van der Waals surface area contributed by atoms with E-state index in [0.29, 0.717) is 13.2 Å². The van der Waals surface area contributed by atoms with Gasteiger partial charge in [0.15, 0.2) is 0 Å². The van der Waals surface area contributed by atoms with Gasteiger partial charge in [0.1, 0.15) is 0 Å². The van der Waals surface area contributed by atoms with Gasteiger partial charge >= 0.3 is 0 Å². The molecule has 1 heterocycles. The van der Waals surface area contributed by atoms with Crippen molar-refractivity contribution in [2.75, 3.05) is 32.9 Å². The number of thiazole rings is 1. The molecule has 20 heavy (non-hydrogen) atoms. The Kier molecular flexibility index (Phi) is 6.66. The second-order valence-corrected chi connectivity index (χ2v) is 5.27. The molecule has 0 aliphatic heterocycles. The number of nitrogens with zero attached hydrogens (tertiary/aromatic N) is 1. The zero-order valence-electron chi connectivity index (χ0n) is 11.4. The van der Waals surface area contributed by atoms with Gasteiger partial charge in [0, 0.05) is 30.5 Å². The van der Waals surface area contributed by atoms with E-state index in [-0.39, 0.29) is 6.61 Å². The van der Waals surface area contributed by atoms with Crippen molar-refractivity contribution >= 4 is 11.3 Å². The molecule has 4 nitrogen and oxygen atoms in total. The van der Waals surface area contributed by atoms with Crippen molar-refractivity contribution in [3.63, 3.8) is 0 Å². The average Bonchev–Trinajstić information content (AvgIpc) is 2.96. The van der Waals surface area contributed by atoms with E-state index in [1.807, 2.05) is 18.2 Å². The smallest absolute Gasteiger partial charge is 0.0945 e. The molecule has 2 N–H and O–H groups in total. The van der Waals surface area contributed by atoms with Gasteiger partial charge in [-0.2, -0.15) is 0 Å². The molecule has 1 aromatic heterocycles. The molecule has 0 aliphatic rings. The Morgan fingerprint density at radius 1 is 1.15 bits per heavy atom. The minimum Gasteiger partial charge on any atom is -0.394 e. The van der Waals surface area contributed by atoms with Gasteiger partial charge in [-0.05, 0) is 0 Å². The van der Waals surface area contributed by atoms with Crippen molar-refractivity contribution in [2.24, 2.45) is 0 Å². The lowest BCUT2D eigenvalue weighted by molar-refractivity contribution is 0.0940. The first-order valence-electron chi connectivity index (χ1n) is 6.79. The summed E-state index contributed by atoms with van der Waals surface area (Å²) in [5, 5.41) is 15.1. The minimum atomic E-state index is 0.0847. The molecule has 2 aromatic rings. The fourth-order valence-electron chi connectivity index (χ4n) is 1.80. The van der Waals surface area contributed by atoms with Crippen molar-refractivity contribution in [1.29, 1.82) is 0 Å². The molecule has 0 radical (unpaired) electrons. The standard InChI is InChI=1S/C15H20N2O2S/c18-9-11-19-10-8-16-7-6-15-17-14(12-20-15)13-4-2-1-3-5-13/h1-5,12,16,18H,6-11H2. The van der Waals surface area contributed by atoms with Crippen molar-refractivity contribution in [1.82, 2.24) is 10.3 Å². The third-order valence-electron chi connectivity index (χ3n) is 2.80. The van der Waals surface area contributed by atoms with E-state index in [4.69, 9.17) is 9.84 Å². The number of hydrogen-bond acceptors (Lipinski definition) is 5. The number of benzene rings is 1. The van der Waals surface area contributed by atoms with Gasteiger partial charge in [-0.3, -0.25) is 0 Å². The summed E-state index contributed by atoms with van der Waals surface area (Å²) in [4.78, 5) is 4.64. The first-order valence-corrected chi connectivity index (χ1v) is 7.67. The topological polar surface area (TPSA) is 54.4 Å². The van der Waals surface area contributed by atoms with Gasteiger partial charge in [0.25, 0.3) is 0 Å². The van der Waals surface area contributed by atoms with E-state index in [1.54, 1.807) is 11.3 Å². The highest BCUT2D eigenvalue weighted by molar-refractivity contribution is 7.09. The lowest BCUT2D eigenvalue weighted by Crippen LogP contribution is -2.22. The molecule has 5 heteroatoms. The Balaban J connectivity index is 1.69. The Labute approximate surface area is 123 Å². The summed E-state index contributed by atoms with van der Waals surface area (Å²) in [6.45, 7) is 2.82. The largest absolute Gasteiger partial charge is 0.394 e. The maximum atomic E-state index is 8.56. The number of aliphatic hydroxyl groups is 1. The van der Waals surface area contributed by atoms with Crippen molar-refractivity contribution < 1.29 is 9.84 Å². The van der Waals surface area contributed by atoms with E-state index in [9.17, 15) is 0 Å². The quantitative estimate of drug-likeness (QED) is 0.694. The van der Waals surface area contributed by atoms with Gasteiger partial charge in [0.2, 0.25) is 0 Å². The van der Waals surface area contributed by atoms with E-state index in [0.717, 1.165) is 30.2 Å². The van der Waals surface area contributed by atoms with Crippen molar-refractivity contribution in [2.45, 2.75) is 6.42 Å². The molecule has 0 aliphatic carbocycles. The maximum Gasteiger partial charge on any atom is 0.0945 e. The molecule has 108 valence electrons. The van der Waals surface area contributed by atoms with Crippen LogP contribution in [-0.4, -0.2) is 43.0 Å². The molecule has 0 unspecified atom stereocenters. The SMILES string of the molecule is OCCOCCNCCc1nc(-c2ccccc2)cs1. The Morgan fingerprint density at radius 3 is 2.80 bits per heavy atom. The summed E-state index contributed by atoms with van der Waals surface area (Å²) in [5.74, 6) is 0. The Hall–Kier alpha value is -1.27. The Bertz CT molecular complexity index is 488. The number of hydrogen-bond donors (Lipinski definition) is 2. The molecule has 0 saturated heterocycles. The number of rotatable bonds is 9. The van der Waals surface area contributed by atoms with Gasteiger partial charge in [-0.25, -0.2) is 4.98 Å². The number of ether oxygens (including phenoxy) is 1. The predicted molar refractivity (Wildman–Crippen MR) is 82.0 cm³/mol. The van der Waals surface area contributed by atoms with Crippen LogP contribution in [0.3, 0.4) is 0 Å². The first-order chi connectivity index (χ1) is 9.90. The number of nitrogens with one attached hydrogen (secondary N) is 1. The highest BCUT2D eigenvalue weighted by Crippen LogP contribution is 2.21. The lowest BCUT2D eigenvalue weighted by Gasteiger charge is -2.03. The minimum absolute atomic E-state index is 0.0847. The second-order valence-electron chi connectivity index (χ2n) is 4.33. The van der Waals surface area contributed by atoms with Crippen LogP contribution in [0.5, 0.6) is 0 Å². The summed E-state index contributed by atoms with van der Waals surface area (Å²) >= 11 is 1.70. The van der Waals surface area contributed by atoms with Gasteiger partial charge in [-0.1, -0.05) is 30.3 Å². The van der Waals surface area contributed by atoms with Gasteiger partial charge in [-0.15, -0.1) is 11.3 Å². The van der Waals surface area contributed by atoms with Crippen LogP contribution in [0.2, 0.25) is 0 Å². The normalized spacial score (nSPS) is 10.8. The molecule has 0 atom stereocenters. The van der Waals surface area contributed by atoms with Crippen LogP contribution < -0.4 is 5.32 Å². The van der Waals surface area contributed by atoms with E-state index in [2.05, 4.69) is 27.8 Å². The molecular weight excluding hydrogens is 272 g/mol. The summed E-state index contributed by atoms with van der Waals surface area (Å²) in [6, 6.07) is 10.2. The molecule has 0 spiro atoms. The van der Waals surface area contributed by atoms with E-state index < -0.39 is 0 Å². The summed E-state index contributed by atoms with van der Waals surface area (Å²) in [7, 11) is 0. The van der Waals surface area contributed by atoms with Crippen LogP contribution >= 0.6 is 11.3 Å². The van der Waals surface area contributed by atoms with Crippen LogP contribution in [0.15, 0.2) is 35.7 Å². The first kappa shape index (κ1) is 15.1. The van der Waals surface area contributed by atoms with Crippen LogP contribution in [-0.2, 0) is 11.2 Å². The third-order valence-corrected chi connectivity index (χ3v) is 3.70. The van der Waals surface area contributed by atoms with Crippen molar-refractivity contribution in [3.8, 4) is 11.3 Å². The summed E-state index contributed by atoms with van der Waals surface area (Å²) in [5.41, 5.74) is 2.22. The average molecular weight is 292 g/mol. The molecule has 0 amide bonds. The lowest BCUT2D eigenvalue weighted by atomic mass is 10.2. The fourth-order valence-corrected chi connectivity index (χ4v) is 2.61. The second kappa shape index (κ2) is 8.81. The van der Waals surface area contributed by atoms with E-state index in [1.165, 1.54) is 5.56 Å². The summed E-state index contributed by atoms with van der Waals surface area (Å²) in [6.07, 6.45) is 0.928. The van der Waals surface area contributed by atoms with Gasteiger partial charge in [0.05, 0.1) is 30.5 Å². The van der Waals surface area contributed by atoms with Crippen LogP contribution in [0.4, 0.5) is 0 Å². The highest BCUT2D eigenvalue weighted by atomic mass is 32.1.